The van der Waals surface area contributed by atoms with E-state index in [1.54, 1.807) is 35.2 Å². The molecule has 0 atom stereocenters. The number of carbonyl (C=O) groups is 1. The minimum Gasteiger partial charge on any atom is -0.486 e. The van der Waals surface area contributed by atoms with Crippen molar-refractivity contribution < 1.29 is 22.7 Å². The fourth-order valence-electron chi connectivity index (χ4n) is 3.46. The van der Waals surface area contributed by atoms with Crippen molar-refractivity contribution in [2.24, 2.45) is 0 Å². The molecule has 0 aliphatic carbocycles. The van der Waals surface area contributed by atoms with Crippen molar-refractivity contribution >= 4 is 15.9 Å². The molecule has 0 radical (unpaired) electrons. The van der Waals surface area contributed by atoms with Crippen LogP contribution in [0.25, 0.3) is 0 Å². The molecule has 4 rings (SSSR count). The standard InChI is InChI=1S/C20H22N2O5S/c23-20(17-7-4-8-18-19(17)27-14-13-26-18)21-9-11-22(12-10-21)28(24,25)15-16-5-2-1-3-6-16/h1-8H,9-15H2. The van der Waals surface area contributed by atoms with E-state index in [0.717, 1.165) is 5.56 Å². The third-order valence-electron chi connectivity index (χ3n) is 4.91. The number of para-hydroxylation sites is 1. The fraction of sp³-hybridized carbons (Fsp3) is 0.350. The molecule has 0 N–H and O–H groups in total. The molecule has 0 bridgehead atoms. The largest absolute Gasteiger partial charge is 0.486 e. The maximum absolute atomic E-state index is 12.9. The predicted molar refractivity (Wildman–Crippen MR) is 104 cm³/mol. The molecule has 1 fully saturated rings. The number of fused-ring (bicyclic) bond motifs is 1. The van der Waals surface area contributed by atoms with Crippen LogP contribution in [0.15, 0.2) is 48.5 Å². The van der Waals surface area contributed by atoms with Crippen LogP contribution < -0.4 is 9.47 Å². The molecule has 2 aliphatic heterocycles. The number of sulfonamides is 1. The number of hydrogen-bond donors (Lipinski definition) is 0. The summed E-state index contributed by atoms with van der Waals surface area (Å²) in [5.74, 6) is 0.848. The van der Waals surface area contributed by atoms with E-state index in [4.69, 9.17) is 9.47 Å². The van der Waals surface area contributed by atoms with E-state index in [-0.39, 0.29) is 24.7 Å². The van der Waals surface area contributed by atoms with Gasteiger partial charge in [0, 0.05) is 26.2 Å². The minimum absolute atomic E-state index is 0.0286. The van der Waals surface area contributed by atoms with Crippen LogP contribution in [0.2, 0.25) is 0 Å². The Morgan fingerprint density at radius 1 is 0.893 bits per heavy atom. The molecule has 148 valence electrons. The highest BCUT2D eigenvalue weighted by Gasteiger charge is 2.31. The number of carbonyl (C=O) groups excluding carboxylic acids is 1. The van der Waals surface area contributed by atoms with E-state index in [2.05, 4.69) is 0 Å². The average molecular weight is 402 g/mol. The Morgan fingerprint density at radius 3 is 2.36 bits per heavy atom. The van der Waals surface area contributed by atoms with Gasteiger partial charge in [-0.05, 0) is 17.7 Å². The molecule has 8 heteroatoms. The Morgan fingerprint density at radius 2 is 1.61 bits per heavy atom. The quantitative estimate of drug-likeness (QED) is 0.779. The Bertz CT molecular complexity index is 954. The van der Waals surface area contributed by atoms with Crippen LogP contribution in [0.5, 0.6) is 11.5 Å². The van der Waals surface area contributed by atoms with Gasteiger partial charge in [-0.2, -0.15) is 4.31 Å². The van der Waals surface area contributed by atoms with E-state index in [9.17, 15) is 13.2 Å². The van der Waals surface area contributed by atoms with Crippen LogP contribution in [-0.4, -0.2) is 62.9 Å². The van der Waals surface area contributed by atoms with Gasteiger partial charge in [-0.25, -0.2) is 8.42 Å². The molecular formula is C20H22N2O5S. The molecular weight excluding hydrogens is 380 g/mol. The number of hydrogen-bond acceptors (Lipinski definition) is 5. The fourth-order valence-corrected chi connectivity index (χ4v) is 4.97. The van der Waals surface area contributed by atoms with Gasteiger partial charge in [0.05, 0.1) is 11.3 Å². The highest BCUT2D eigenvalue weighted by Crippen LogP contribution is 2.34. The van der Waals surface area contributed by atoms with Crippen molar-refractivity contribution in [3.05, 3.63) is 59.7 Å². The highest BCUT2D eigenvalue weighted by molar-refractivity contribution is 7.88. The third kappa shape index (κ3) is 3.83. The summed E-state index contributed by atoms with van der Waals surface area (Å²) in [5.41, 5.74) is 1.21. The Hall–Kier alpha value is -2.58. The first-order valence-corrected chi connectivity index (χ1v) is 10.9. The predicted octanol–water partition coefficient (Wildman–Crippen LogP) is 1.75. The topological polar surface area (TPSA) is 76.2 Å². The summed E-state index contributed by atoms with van der Waals surface area (Å²) < 4.78 is 38.0. The average Bonchev–Trinajstić information content (AvgIpc) is 2.73. The third-order valence-corrected chi connectivity index (χ3v) is 6.76. The summed E-state index contributed by atoms with van der Waals surface area (Å²) in [6.45, 7) is 2.13. The number of rotatable bonds is 4. The van der Waals surface area contributed by atoms with Crippen molar-refractivity contribution in [1.82, 2.24) is 9.21 Å². The number of ether oxygens (including phenoxy) is 2. The first kappa shape index (κ1) is 18.8. The molecule has 0 unspecified atom stereocenters. The van der Waals surface area contributed by atoms with Crippen molar-refractivity contribution in [2.75, 3.05) is 39.4 Å². The second-order valence-electron chi connectivity index (χ2n) is 6.76. The number of piperazine rings is 1. The van der Waals surface area contributed by atoms with E-state index in [1.165, 1.54) is 4.31 Å². The highest BCUT2D eigenvalue weighted by atomic mass is 32.2. The molecule has 0 saturated carbocycles. The molecule has 0 aromatic heterocycles. The lowest BCUT2D eigenvalue weighted by Crippen LogP contribution is -2.50. The first-order chi connectivity index (χ1) is 13.5. The van der Waals surface area contributed by atoms with Crippen LogP contribution in [0, 0.1) is 0 Å². The second kappa shape index (κ2) is 7.81. The summed E-state index contributed by atoms with van der Waals surface area (Å²) in [4.78, 5) is 14.6. The van der Waals surface area contributed by atoms with Crippen molar-refractivity contribution in [2.45, 2.75) is 5.75 Å². The van der Waals surface area contributed by atoms with Gasteiger partial charge in [0.25, 0.3) is 5.91 Å². The SMILES string of the molecule is O=C(c1cccc2c1OCCO2)N1CCN(S(=O)(=O)Cc2ccccc2)CC1. The van der Waals surface area contributed by atoms with Crippen LogP contribution >= 0.6 is 0 Å². The Balaban J connectivity index is 1.42. The van der Waals surface area contributed by atoms with Crippen molar-refractivity contribution in [3.63, 3.8) is 0 Å². The lowest BCUT2D eigenvalue weighted by molar-refractivity contribution is 0.0687. The molecule has 0 spiro atoms. The zero-order valence-corrected chi connectivity index (χ0v) is 16.2. The molecule has 2 heterocycles. The molecule has 1 saturated heterocycles. The molecule has 7 nitrogen and oxygen atoms in total. The van der Waals surface area contributed by atoms with Crippen molar-refractivity contribution in [1.29, 1.82) is 0 Å². The van der Waals surface area contributed by atoms with E-state index < -0.39 is 10.0 Å². The lowest BCUT2D eigenvalue weighted by atomic mass is 10.1. The van der Waals surface area contributed by atoms with E-state index in [1.807, 2.05) is 18.2 Å². The first-order valence-electron chi connectivity index (χ1n) is 9.24. The Kier molecular flexibility index (Phi) is 5.23. The van der Waals surface area contributed by atoms with Gasteiger partial charge in [0.15, 0.2) is 11.5 Å². The summed E-state index contributed by atoms with van der Waals surface area (Å²) in [6.07, 6.45) is 0. The van der Waals surface area contributed by atoms with Gasteiger partial charge < -0.3 is 14.4 Å². The van der Waals surface area contributed by atoms with Crippen LogP contribution in [0.3, 0.4) is 0 Å². The number of benzene rings is 2. The number of amides is 1. The Labute approximate surface area is 164 Å². The zero-order valence-electron chi connectivity index (χ0n) is 15.4. The molecule has 2 aliphatic rings. The van der Waals surface area contributed by atoms with Crippen LogP contribution in [-0.2, 0) is 15.8 Å². The summed E-state index contributed by atoms with van der Waals surface area (Å²) >= 11 is 0. The molecule has 2 aromatic rings. The van der Waals surface area contributed by atoms with Crippen molar-refractivity contribution in [3.8, 4) is 11.5 Å². The van der Waals surface area contributed by atoms with Gasteiger partial charge in [-0.15, -0.1) is 0 Å². The smallest absolute Gasteiger partial charge is 0.257 e. The van der Waals surface area contributed by atoms with Gasteiger partial charge in [0.2, 0.25) is 10.0 Å². The van der Waals surface area contributed by atoms with Gasteiger partial charge >= 0.3 is 0 Å². The summed E-state index contributed by atoms with van der Waals surface area (Å²) in [5, 5.41) is 0. The van der Waals surface area contributed by atoms with E-state index in [0.29, 0.717) is 43.4 Å². The maximum atomic E-state index is 12.9. The summed E-state index contributed by atoms with van der Waals surface area (Å²) in [6, 6.07) is 14.4. The summed E-state index contributed by atoms with van der Waals surface area (Å²) in [7, 11) is -3.41. The minimum atomic E-state index is -3.41. The molecule has 2 aromatic carbocycles. The normalized spacial score (nSPS) is 17.4. The van der Waals surface area contributed by atoms with Gasteiger partial charge in [-0.3, -0.25) is 4.79 Å². The van der Waals surface area contributed by atoms with Crippen LogP contribution in [0.1, 0.15) is 15.9 Å². The molecule has 28 heavy (non-hydrogen) atoms. The van der Waals surface area contributed by atoms with E-state index >= 15 is 0 Å². The van der Waals surface area contributed by atoms with Gasteiger partial charge in [-0.1, -0.05) is 36.4 Å². The number of nitrogens with zero attached hydrogens (tertiary/aromatic N) is 2. The van der Waals surface area contributed by atoms with Gasteiger partial charge in [0.1, 0.15) is 13.2 Å². The molecule has 1 amide bonds. The maximum Gasteiger partial charge on any atom is 0.257 e. The van der Waals surface area contributed by atoms with Crippen LogP contribution in [0.4, 0.5) is 0 Å². The lowest BCUT2D eigenvalue weighted by Gasteiger charge is -2.34. The zero-order chi connectivity index (χ0) is 19.6. The second-order valence-corrected chi connectivity index (χ2v) is 8.73. The monoisotopic (exact) mass is 402 g/mol.